The zero-order chi connectivity index (χ0) is 21.1. The van der Waals surface area contributed by atoms with Gasteiger partial charge in [0, 0.05) is 5.25 Å². The van der Waals surface area contributed by atoms with Crippen LogP contribution in [0, 0.1) is 0 Å². The van der Waals surface area contributed by atoms with Gasteiger partial charge in [-0.2, -0.15) is 0 Å². The van der Waals surface area contributed by atoms with Crippen molar-refractivity contribution < 1.29 is 47.6 Å². The van der Waals surface area contributed by atoms with E-state index in [1.807, 2.05) is 0 Å². The van der Waals surface area contributed by atoms with Crippen molar-refractivity contribution in [2.75, 3.05) is 0 Å². The maximum absolute atomic E-state index is 11.4. The summed E-state index contributed by atoms with van der Waals surface area (Å²) in [4.78, 5) is 0. The second-order valence-electron chi connectivity index (χ2n) is 8.52. The Balaban J connectivity index is 0. The Bertz CT molecular complexity index is 429. The van der Waals surface area contributed by atoms with Crippen molar-refractivity contribution in [3.63, 3.8) is 0 Å². The van der Waals surface area contributed by atoms with E-state index < -0.39 is 15.4 Å². The normalized spacial score (nSPS) is 13.8. The number of aliphatic hydroxyl groups is 1. The van der Waals surface area contributed by atoms with Gasteiger partial charge in [-0.15, -0.1) is 0 Å². The van der Waals surface area contributed by atoms with Crippen LogP contribution in [-0.2, 0) is 10.1 Å². The molecule has 0 aliphatic carbocycles. The first-order valence-electron chi connectivity index (χ1n) is 12.0. The van der Waals surface area contributed by atoms with E-state index in [-0.39, 0.29) is 35.7 Å². The molecule has 0 aromatic rings. The van der Waals surface area contributed by atoms with E-state index in [1.165, 1.54) is 32.1 Å². The van der Waals surface area contributed by atoms with E-state index in [2.05, 4.69) is 13.8 Å². The minimum absolute atomic E-state index is 0. The van der Waals surface area contributed by atoms with E-state index in [0.717, 1.165) is 77.0 Å². The molecule has 2 atom stereocenters. The Hall–Kier alpha value is 0.870. The number of hydrogen-bond donors (Lipinski definition) is 1. The molecule has 0 rings (SSSR count). The Morgan fingerprint density at radius 1 is 0.621 bits per heavy atom. The fourth-order valence-electron chi connectivity index (χ4n) is 3.82. The minimum Gasteiger partial charge on any atom is -0.748 e. The van der Waals surface area contributed by atoms with Crippen LogP contribution in [0.25, 0.3) is 0 Å². The van der Waals surface area contributed by atoms with Crippen LogP contribution in [-0.4, -0.2) is 29.4 Å². The first-order chi connectivity index (χ1) is 13.4. The van der Waals surface area contributed by atoms with Gasteiger partial charge in [-0.1, -0.05) is 110 Å². The molecular weight excluding hydrogens is 395 g/mol. The third-order valence-electron chi connectivity index (χ3n) is 5.74. The van der Waals surface area contributed by atoms with Gasteiger partial charge >= 0.3 is 29.6 Å². The summed E-state index contributed by atoms with van der Waals surface area (Å²) in [6, 6.07) is 0. The first kappa shape index (κ1) is 32.1. The van der Waals surface area contributed by atoms with Gasteiger partial charge in [-0.05, 0) is 25.7 Å². The predicted octanol–water partition coefficient (Wildman–Crippen LogP) is 3.72. The van der Waals surface area contributed by atoms with Crippen LogP contribution in [0.15, 0.2) is 0 Å². The molecule has 4 nitrogen and oxygen atoms in total. The van der Waals surface area contributed by atoms with E-state index in [1.54, 1.807) is 0 Å². The second kappa shape index (κ2) is 22.1. The molecule has 0 amide bonds. The number of unbranched alkanes of at least 4 members (excludes halogenated alkanes) is 12. The maximum atomic E-state index is 11.4. The van der Waals surface area contributed by atoms with Crippen molar-refractivity contribution in [1.29, 1.82) is 0 Å². The molecule has 0 fully saturated rings. The molecule has 6 heteroatoms. The molecule has 1 N–H and O–H groups in total. The first-order valence-corrected chi connectivity index (χ1v) is 13.5. The molecule has 0 radical (unpaired) electrons. The van der Waals surface area contributed by atoms with E-state index in [0.29, 0.717) is 12.8 Å². The van der Waals surface area contributed by atoms with Crippen molar-refractivity contribution in [3.05, 3.63) is 0 Å². The van der Waals surface area contributed by atoms with Gasteiger partial charge in [0.15, 0.2) is 0 Å². The summed E-state index contributed by atoms with van der Waals surface area (Å²) in [6.45, 7) is 4.33. The average molecular weight is 443 g/mol. The van der Waals surface area contributed by atoms with Crippen molar-refractivity contribution in [2.45, 2.75) is 147 Å². The van der Waals surface area contributed by atoms with Crippen LogP contribution >= 0.6 is 0 Å². The zero-order valence-corrected chi connectivity index (χ0v) is 22.5. The van der Waals surface area contributed by atoms with Crippen LogP contribution in [0.5, 0.6) is 0 Å². The van der Waals surface area contributed by atoms with Crippen LogP contribution in [0.4, 0.5) is 0 Å². The minimum atomic E-state index is -4.15. The number of aliphatic hydroxyl groups excluding tert-OH is 1. The Morgan fingerprint density at radius 3 is 1.28 bits per heavy atom. The Kier molecular flexibility index (Phi) is 24.4. The van der Waals surface area contributed by atoms with Crippen molar-refractivity contribution in [1.82, 2.24) is 0 Å². The van der Waals surface area contributed by atoms with Crippen molar-refractivity contribution in [3.8, 4) is 0 Å². The quantitative estimate of drug-likeness (QED) is 0.167. The van der Waals surface area contributed by atoms with Gasteiger partial charge in [0.1, 0.15) is 0 Å². The molecule has 29 heavy (non-hydrogen) atoms. The van der Waals surface area contributed by atoms with Gasteiger partial charge in [0.05, 0.1) is 16.2 Å². The van der Waals surface area contributed by atoms with Gasteiger partial charge in [0.2, 0.25) is 0 Å². The Labute approximate surface area is 204 Å². The summed E-state index contributed by atoms with van der Waals surface area (Å²) in [5, 5.41) is 9.28. The van der Waals surface area contributed by atoms with E-state index >= 15 is 0 Å². The molecule has 0 bridgehead atoms. The van der Waals surface area contributed by atoms with Gasteiger partial charge in [-0.3, -0.25) is 0 Å². The molecule has 0 saturated carbocycles. The van der Waals surface area contributed by atoms with Crippen LogP contribution < -0.4 is 29.6 Å². The SMILES string of the molecule is CCCCCCC(O)CCCCCCCCCC(CCCCCC)S(=O)(=O)[O-].[Na+]. The molecule has 170 valence electrons. The van der Waals surface area contributed by atoms with E-state index in [9.17, 15) is 18.1 Å². The van der Waals surface area contributed by atoms with Gasteiger partial charge in [-0.25, -0.2) is 8.42 Å². The summed E-state index contributed by atoms with van der Waals surface area (Å²) in [5.41, 5.74) is 0. The number of hydrogen-bond acceptors (Lipinski definition) is 4. The molecule has 0 aliphatic rings. The summed E-state index contributed by atoms with van der Waals surface area (Å²) in [6.07, 6.45) is 19.4. The van der Waals surface area contributed by atoms with Crippen LogP contribution in [0.3, 0.4) is 0 Å². The number of rotatable bonds is 21. The second-order valence-corrected chi connectivity index (χ2v) is 10.2. The average Bonchev–Trinajstić information content (AvgIpc) is 2.64. The fourth-order valence-corrected chi connectivity index (χ4v) is 4.73. The maximum Gasteiger partial charge on any atom is 1.00 e. The smallest absolute Gasteiger partial charge is 0.748 e. The molecular formula is C23H47NaO4S. The largest absolute Gasteiger partial charge is 1.00 e. The summed E-state index contributed by atoms with van der Waals surface area (Å²) in [5.74, 6) is 0. The Morgan fingerprint density at radius 2 is 0.931 bits per heavy atom. The molecule has 0 aromatic heterocycles. The monoisotopic (exact) mass is 442 g/mol. The summed E-state index contributed by atoms with van der Waals surface area (Å²) in [7, 11) is -4.15. The van der Waals surface area contributed by atoms with Crippen LogP contribution in [0.1, 0.15) is 136 Å². The van der Waals surface area contributed by atoms with Crippen LogP contribution in [0.2, 0.25) is 0 Å². The van der Waals surface area contributed by atoms with Gasteiger partial charge in [0.25, 0.3) is 0 Å². The molecule has 0 spiro atoms. The topological polar surface area (TPSA) is 77.4 Å². The van der Waals surface area contributed by atoms with Crippen molar-refractivity contribution in [2.24, 2.45) is 0 Å². The third kappa shape index (κ3) is 21.9. The van der Waals surface area contributed by atoms with E-state index in [4.69, 9.17) is 0 Å². The third-order valence-corrected chi connectivity index (χ3v) is 7.03. The zero-order valence-electron chi connectivity index (χ0n) is 19.7. The predicted molar refractivity (Wildman–Crippen MR) is 119 cm³/mol. The molecule has 0 aromatic carbocycles. The summed E-state index contributed by atoms with van der Waals surface area (Å²) < 4.78 is 34.2. The van der Waals surface area contributed by atoms with Gasteiger partial charge < -0.3 is 9.66 Å². The molecule has 0 aliphatic heterocycles. The molecule has 0 saturated heterocycles. The fraction of sp³-hybridized carbons (Fsp3) is 1.00. The molecule has 0 heterocycles. The molecule has 2 unspecified atom stereocenters. The summed E-state index contributed by atoms with van der Waals surface area (Å²) >= 11 is 0. The standard InChI is InChI=1S/C23H48O4S.Na/c1-3-5-7-14-18-22(24)19-15-12-10-9-11-13-17-21-23(28(25,26)27)20-16-8-6-4-2;/h22-24H,3-21H2,1-2H3,(H,25,26,27);/q;+1/p-1. The van der Waals surface area contributed by atoms with Crippen molar-refractivity contribution >= 4 is 10.1 Å².